The van der Waals surface area contributed by atoms with Gasteiger partial charge in [-0.2, -0.15) is 0 Å². The maximum Gasteiger partial charge on any atom is 0.0309 e. The van der Waals surface area contributed by atoms with E-state index < -0.39 is 0 Å². The Kier molecular flexibility index (Phi) is 6.25. The molecule has 21 heavy (non-hydrogen) atoms. The van der Waals surface area contributed by atoms with Crippen LogP contribution in [-0.4, -0.2) is 29.6 Å². The fourth-order valence-corrected chi connectivity index (χ4v) is 3.73. The molecule has 1 aliphatic heterocycles. The molecule has 0 bridgehead atoms. The molecule has 1 aromatic carbocycles. The number of likely N-dealkylation sites (tertiary alicyclic amines) is 1. The molecule has 0 amide bonds. The van der Waals surface area contributed by atoms with Crippen LogP contribution in [0.5, 0.6) is 0 Å². The molecule has 2 nitrogen and oxygen atoms in total. The third-order valence-corrected chi connectivity index (χ3v) is 5.28. The van der Waals surface area contributed by atoms with Crippen LogP contribution in [0.3, 0.4) is 0 Å². The van der Waals surface area contributed by atoms with Gasteiger partial charge in [0.1, 0.15) is 0 Å². The van der Waals surface area contributed by atoms with E-state index in [1.54, 1.807) is 0 Å². The number of nitrogens with two attached hydrogens (primary N) is 1. The van der Waals surface area contributed by atoms with Crippen molar-refractivity contribution in [2.75, 3.05) is 13.1 Å². The Morgan fingerprint density at radius 1 is 1.19 bits per heavy atom. The molecule has 118 valence electrons. The lowest BCUT2D eigenvalue weighted by Crippen LogP contribution is -2.56. The van der Waals surface area contributed by atoms with Crippen molar-refractivity contribution in [2.45, 2.75) is 70.4 Å². The number of hydrogen-bond acceptors (Lipinski definition) is 2. The van der Waals surface area contributed by atoms with E-state index in [-0.39, 0.29) is 5.54 Å². The van der Waals surface area contributed by atoms with Crippen molar-refractivity contribution in [3.05, 3.63) is 35.9 Å². The van der Waals surface area contributed by atoms with E-state index in [0.29, 0.717) is 0 Å². The van der Waals surface area contributed by atoms with E-state index in [2.05, 4.69) is 49.1 Å². The van der Waals surface area contributed by atoms with Crippen LogP contribution in [0.25, 0.3) is 0 Å². The molecule has 2 N–H and O–H groups in total. The second-order valence-electron chi connectivity index (χ2n) is 6.79. The summed E-state index contributed by atoms with van der Waals surface area (Å²) in [5.41, 5.74) is 7.80. The number of hydrogen-bond donors (Lipinski definition) is 1. The molecular weight excluding hydrogens is 256 g/mol. The number of nitrogens with zero attached hydrogens (tertiary/aromatic N) is 1. The molecule has 2 heteroatoms. The first-order valence-electron chi connectivity index (χ1n) is 8.70. The number of rotatable bonds is 6. The third kappa shape index (κ3) is 4.31. The van der Waals surface area contributed by atoms with Crippen LogP contribution in [0.1, 0.15) is 57.9 Å². The van der Waals surface area contributed by atoms with Crippen LogP contribution in [0.4, 0.5) is 0 Å². The fraction of sp³-hybridized carbons (Fsp3) is 0.684. The van der Waals surface area contributed by atoms with Crippen LogP contribution in [-0.2, 0) is 6.42 Å². The predicted molar refractivity (Wildman–Crippen MR) is 91.5 cm³/mol. The Morgan fingerprint density at radius 2 is 1.95 bits per heavy atom. The molecule has 2 rings (SSSR count). The lowest BCUT2D eigenvalue weighted by Gasteiger charge is -2.45. The Bertz CT molecular complexity index is 403. The van der Waals surface area contributed by atoms with Gasteiger partial charge in [0, 0.05) is 18.1 Å². The monoisotopic (exact) mass is 288 g/mol. The van der Waals surface area contributed by atoms with Gasteiger partial charge in [0.25, 0.3) is 0 Å². The van der Waals surface area contributed by atoms with E-state index in [1.165, 1.54) is 44.2 Å². The van der Waals surface area contributed by atoms with E-state index in [9.17, 15) is 0 Å². The lowest BCUT2D eigenvalue weighted by molar-refractivity contribution is 0.0544. The fourth-order valence-electron chi connectivity index (χ4n) is 3.73. The molecule has 1 aliphatic rings. The number of aryl methyl sites for hydroxylation is 1. The molecule has 0 aromatic heterocycles. The molecule has 1 heterocycles. The molecule has 0 spiro atoms. The van der Waals surface area contributed by atoms with Crippen molar-refractivity contribution >= 4 is 0 Å². The molecular formula is C19H32N2. The van der Waals surface area contributed by atoms with Gasteiger partial charge in [-0.25, -0.2) is 0 Å². The van der Waals surface area contributed by atoms with Crippen LogP contribution >= 0.6 is 0 Å². The minimum absolute atomic E-state index is 0.140. The van der Waals surface area contributed by atoms with Crippen LogP contribution in [0.2, 0.25) is 0 Å². The average Bonchev–Trinajstić information content (AvgIpc) is 2.79. The summed E-state index contributed by atoms with van der Waals surface area (Å²) in [7, 11) is 0. The van der Waals surface area contributed by atoms with Crippen molar-refractivity contribution < 1.29 is 0 Å². The maximum atomic E-state index is 6.23. The molecule has 2 unspecified atom stereocenters. The van der Waals surface area contributed by atoms with E-state index in [1.807, 2.05) is 0 Å². The predicted octanol–water partition coefficient (Wildman–Crippen LogP) is 3.99. The first-order chi connectivity index (χ1) is 10.2. The molecule has 0 aliphatic carbocycles. The highest BCUT2D eigenvalue weighted by Gasteiger charge is 2.34. The summed E-state index contributed by atoms with van der Waals surface area (Å²) >= 11 is 0. The van der Waals surface area contributed by atoms with Gasteiger partial charge in [-0.1, -0.05) is 50.1 Å². The molecule has 1 saturated heterocycles. The highest BCUT2D eigenvalue weighted by molar-refractivity contribution is 5.15. The summed E-state index contributed by atoms with van der Waals surface area (Å²) in [6.45, 7) is 6.69. The summed E-state index contributed by atoms with van der Waals surface area (Å²) < 4.78 is 0. The Hall–Kier alpha value is -0.860. The quantitative estimate of drug-likeness (QED) is 0.857. The van der Waals surface area contributed by atoms with Crippen LogP contribution in [0, 0.1) is 0 Å². The number of benzene rings is 1. The summed E-state index contributed by atoms with van der Waals surface area (Å²) in [5.74, 6) is 0. The van der Waals surface area contributed by atoms with Gasteiger partial charge in [0.2, 0.25) is 0 Å². The normalized spacial score (nSPS) is 23.5. The van der Waals surface area contributed by atoms with Gasteiger partial charge in [0.05, 0.1) is 0 Å². The third-order valence-electron chi connectivity index (χ3n) is 5.28. The summed E-state index contributed by atoms with van der Waals surface area (Å²) in [6, 6.07) is 11.5. The van der Waals surface area contributed by atoms with Gasteiger partial charge in [-0.3, -0.25) is 4.90 Å². The average molecular weight is 288 g/mol. The Labute approximate surface area is 130 Å². The van der Waals surface area contributed by atoms with Crippen molar-refractivity contribution in [2.24, 2.45) is 5.73 Å². The van der Waals surface area contributed by atoms with Crippen molar-refractivity contribution in [1.29, 1.82) is 0 Å². The standard InChI is InChI=1S/C19H32N2/c1-3-18-12-8-5-9-15-21(18)19(2,16-20)14-13-17-10-6-4-7-11-17/h4,6-7,10-11,18H,3,5,8-9,12-16,20H2,1-2H3. The van der Waals surface area contributed by atoms with Gasteiger partial charge in [-0.15, -0.1) is 0 Å². The Balaban J connectivity index is 2.06. The maximum absolute atomic E-state index is 6.23. The van der Waals surface area contributed by atoms with Gasteiger partial charge < -0.3 is 5.73 Å². The van der Waals surface area contributed by atoms with Gasteiger partial charge >= 0.3 is 0 Å². The Morgan fingerprint density at radius 3 is 2.62 bits per heavy atom. The first-order valence-corrected chi connectivity index (χ1v) is 8.70. The zero-order valence-corrected chi connectivity index (χ0v) is 13.9. The summed E-state index contributed by atoms with van der Waals surface area (Å²) in [6.07, 6.45) is 8.97. The van der Waals surface area contributed by atoms with E-state index in [4.69, 9.17) is 5.73 Å². The van der Waals surface area contributed by atoms with Crippen molar-refractivity contribution in [3.8, 4) is 0 Å². The molecule has 2 atom stereocenters. The molecule has 1 aromatic rings. The van der Waals surface area contributed by atoms with Crippen molar-refractivity contribution in [1.82, 2.24) is 4.90 Å². The highest BCUT2D eigenvalue weighted by atomic mass is 15.2. The SMILES string of the molecule is CCC1CCCCCN1C(C)(CN)CCc1ccccc1. The van der Waals surface area contributed by atoms with Crippen molar-refractivity contribution in [3.63, 3.8) is 0 Å². The zero-order valence-electron chi connectivity index (χ0n) is 13.9. The second-order valence-corrected chi connectivity index (χ2v) is 6.79. The lowest BCUT2D eigenvalue weighted by atomic mass is 9.89. The molecule has 0 saturated carbocycles. The highest BCUT2D eigenvalue weighted by Crippen LogP contribution is 2.29. The largest absolute Gasteiger partial charge is 0.329 e. The first kappa shape index (κ1) is 16.5. The zero-order chi connectivity index (χ0) is 15.1. The molecule has 1 fully saturated rings. The smallest absolute Gasteiger partial charge is 0.0309 e. The van der Waals surface area contributed by atoms with Gasteiger partial charge in [0.15, 0.2) is 0 Å². The minimum atomic E-state index is 0.140. The van der Waals surface area contributed by atoms with E-state index >= 15 is 0 Å². The van der Waals surface area contributed by atoms with E-state index in [0.717, 1.165) is 25.4 Å². The van der Waals surface area contributed by atoms with Crippen LogP contribution in [0.15, 0.2) is 30.3 Å². The summed E-state index contributed by atoms with van der Waals surface area (Å²) in [4.78, 5) is 2.74. The topological polar surface area (TPSA) is 29.3 Å². The van der Waals surface area contributed by atoms with Gasteiger partial charge in [-0.05, 0) is 51.1 Å². The second kappa shape index (κ2) is 7.95. The van der Waals surface area contributed by atoms with Crippen LogP contribution < -0.4 is 5.73 Å². The minimum Gasteiger partial charge on any atom is -0.329 e. The summed E-state index contributed by atoms with van der Waals surface area (Å²) in [5, 5.41) is 0. The molecule has 0 radical (unpaired) electrons.